The van der Waals surface area contributed by atoms with Gasteiger partial charge in [-0.3, -0.25) is 4.79 Å². The molecule has 1 aromatic heterocycles. The molecule has 0 aliphatic rings. The lowest BCUT2D eigenvalue weighted by atomic mass is 10.1. The van der Waals surface area contributed by atoms with Gasteiger partial charge in [-0.25, -0.2) is 4.79 Å². The van der Waals surface area contributed by atoms with Gasteiger partial charge in [0.2, 0.25) is 0 Å². The Morgan fingerprint density at radius 2 is 1.92 bits per heavy atom. The minimum Gasteiger partial charge on any atom is -0.497 e. The van der Waals surface area contributed by atoms with E-state index in [4.69, 9.17) is 9.47 Å². The van der Waals surface area contributed by atoms with Crippen molar-refractivity contribution in [2.45, 2.75) is 6.92 Å². The number of ether oxygens (including phenoxy) is 2. The maximum Gasteiger partial charge on any atom is 0.340 e. The van der Waals surface area contributed by atoms with Crippen LogP contribution >= 0.6 is 0 Å². The molecule has 0 aliphatic carbocycles. The summed E-state index contributed by atoms with van der Waals surface area (Å²) >= 11 is 0. The molecule has 0 saturated heterocycles. The molecule has 0 atom stereocenters. The summed E-state index contributed by atoms with van der Waals surface area (Å²) in [5, 5.41) is 3.55. The quantitative estimate of drug-likeness (QED) is 0.697. The molecule has 2 aromatic carbocycles. The van der Waals surface area contributed by atoms with Gasteiger partial charge in [-0.1, -0.05) is 12.1 Å². The number of hydrogen-bond donors (Lipinski definition) is 2. The van der Waals surface area contributed by atoms with Gasteiger partial charge in [-0.05, 0) is 31.2 Å². The molecule has 2 N–H and O–H groups in total. The van der Waals surface area contributed by atoms with Crippen molar-refractivity contribution in [3.05, 3.63) is 59.8 Å². The Morgan fingerprint density at radius 3 is 2.68 bits per heavy atom. The number of carbonyl (C=O) groups is 2. The van der Waals surface area contributed by atoms with Crippen molar-refractivity contribution in [1.29, 1.82) is 0 Å². The maximum absolute atomic E-state index is 12.7. The third-order valence-electron chi connectivity index (χ3n) is 3.80. The van der Waals surface area contributed by atoms with E-state index in [1.807, 2.05) is 12.1 Å². The highest BCUT2D eigenvalue weighted by atomic mass is 16.5. The van der Waals surface area contributed by atoms with Gasteiger partial charge in [0.15, 0.2) is 0 Å². The summed E-state index contributed by atoms with van der Waals surface area (Å²) in [6.07, 6.45) is 1.63. The van der Waals surface area contributed by atoms with Crippen molar-refractivity contribution >= 4 is 28.5 Å². The summed E-state index contributed by atoms with van der Waals surface area (Å²) in [5.74, 6) is -0.0795. The van der Waals surface area contributed by atoms with Crippen LogP contribution in [0.2, 0.25) is 0 Å². The number of hydrogen-bond acceptors (Lipinski definition) is 4. The number of H-pyrrole nitrogens is 1. The summed E-state index contributed by atoms with van der Waals surface area (Å²) < 4.78 is 10.2. The molecule has 0 radical (unpaired) electrons. The van der Waals surface area contributed by atoms with E-state index in [-0.39, 0.29) is 12.5 Å². The molecule has 25 heavy (non-hydrogen) atoms. The highest BCUT2D eigenvalue weighted by Gasteiger charge is 2.17. The molecule has 6 heteroatoms. The van der Waals surface area contributed by atoms with Gasteiger partial charge < -0.3 is 19.8 Å². The molecule has 0 unspecified atom stereocenters. The van der Waals surface area contributed by atoms with Crippen LogP contribution in [0.1, 0.15) is 27.6 Å². The second-order valence-corrected chi connectivity index (χ2v) is 5.33. The van der Waals surface area contributed by atoms with Crippen LogP contribution in [0.15, 0.2) is 48.7 Å². The first-order valence-electron chi connectivity index (χ1n) is 7.86. The molecule has 1 amide bonds. The van der Waals surface area contributed by atoms with Crippen molar-refractivity contribution in [2.24, 2.45) is 0 Å². The number of methoxy groups -OCH3 is 1. The lowest BCUT2D eigenvalue weighted by Crippen LogP contribution is -2.15. The number of aromatic amines is 1. The van der Waals surface area contributed by atoms with Gasteiger partial charge in [-0.2, -0.15) is 0 Å². The Bertz CT molecular complexity index is 930. The van der Waals surface area contributed by atoms with Crippen LogP contribution in [0.25, 0.3) is 10.9 Å². The fraction of sp³-hybridized carbons (Fsp3) is 0.158. The summed E-state index contributed by atoms with van der Waals surface area (Å²) in [6, 6.07) is 12.2. The smallest absolute Gasteiger partial charge is 0.340 e. The van der Waals surface area contributed by atoms with Crippen LogP contribution < -0.4 is 10.1 Å². The van der Waals surface area contributed by atoms with E-state index in [1.54, 1.807) is 50.6 Å². The predicted octanol–water partition coefficient (Wildman–Crippen LogP) is 3.61. The number of esters is 1. The number of para-hydroxylation sites is 1. The fourth-order valence-electron chi connectivity index (χ4n) is 2.59. The minimum absolute atomic E-state index is 0.269. The maximum atomic E-state index is 12.7. The number of rotatable bonds is 5. The third-order valence-corrected chi connectivity index (χ3v) is 3.80. The number of carbonyl (C=O) groups excluding carboxylic acids is 2. The zero-order chi connectivity index (χ0) is 17.8. The number of nitrogens with one attached hydrogen (secondary N) is 2. The summed E-state index contributed by atoms with van der Waals surface area (Å²) in [6.45, 7) is 2.00. The van der Waals surface area contributed by atoms with Crippen molar-refractivity contribution in [2.75, 3.05) is 19.0 Å². The molecule has 128 valence electrons. The van der Waals surface area contributed by atoms with Gasteiger partial charge in [0.1, 0.15) is 5.75 Å². The summed E-state index contributed by atoms with van der Waals surface area (Å²) in [7, 11) is 1.59. The van der Waals surface area contributed by atoms with E-state index in [0.717, 1.165) is 10.9 Å². The van der Waals surface area contributed by atoms with Crippen molar-refractivity contribution in [3.8, 4) is 5.75 Å². The summed E-state index contributed by atoms with van der Waals surface area (Å²) in [4.78, 5) is 27.7. The standard InChI is InChI=1S/C19H18N2O4/c1-3-25-19(23)14-6-4-5-7-16(14)21-18(22)15-11-20-17-10-12(24-2)8-9-13(15)17/h4-11,20H,3H2,1-2H3,(H,21,22). The molecule has 0 saturated carbocycles. The van der Waals surface area contributed by atoms with E-state index < -0.39 is 5.97 Å². The van der Waals surface area contributed by atoms with E-state index in [2.05, 4.69) is 10.3 Å². The molecule has 3 aromatic rings. The first kappa shape index (κ1) is 16.6. The van der Waals surface area contributed by atoms with Gasteiger partial charge in [-0.15, -0.1) is 0 Å². The van der Waals surface area contributed by atoms with E-state index in [0.29, 0.717) is 22.6 Å². The Balaban J connectivity index is 1.90. The van der Waals surface area contributed by atoms with Crippen molar-refractivity contribution in [1.82, 2.24) is 4.98 Å². The van der Waals surface area contributed by atoms with Crippen LogP contribution in [-0.2, 0) is 4.74 Å². The lowest BCUT2D eigenvalue weighted by Gasteiger charge is -2.10. The largest absolute Gasteiger partial charge is 0.497 e. The van der Waals surface area contributed by atoms with Crippen LogP contribution in [-0.4, -0.2) is 30.6 Å². The minimum atomic E-state index is -0.470. The molecule has 1 heterocycles. The van der Waals surface area contributed by atoms with Crippen LogP contribution in [0.5, 0.6) is 5.75 Å². The second kappa shape index (κ2) is 7.09. The zero-order valence-corrected chi connectivity index (χ0v) is 14.0. The molecular weight excluding hydrogens is 320 g/mol. The number of aromatic nitrogens is 1. The van der Waals surface area contributed by atoms with Crippen LogP contribution in [0.4, 0.5) is 5.69 Å². The first-order chi connectivity index (χ1) is 12.1. The Kier molecular flexibility index (Phi) is 4.70. The van der Waals surface area contributed by atoms with Gasteiger partial charge >= 0.3 is 5.97 Å². The molecule has 0 fully saturated rings. The normalized spacial score (nSPS) is 10.5. The van der Waals surface area contributed by atoms with E-state index in [1.165, 1.54) is 0 Å². The second-order valence-electron chi connectivity index (χ2n) is 5.33. The van der Waals surface area contributed by atoms with Gasteiger partial charge in [0, 0.05) is 23.2 Å². The van der Waals surface area contributed by atoms with Crippen LogP contribution in [0, 0.1) is 0 Å². The predicted molar refractivity (Wildman–Crippen MR) is 95.2 cm³/mol. The fourth-order valence-corrected chi connectivity index (χ4v) is 2.59. The number of amides is 1. The van der Waals surface area contributed by atoms with Crippen LogP contribution in [0.3, 0.4) is 0 Å². The molecule has 0 spiro atoms. The Labute approximate surface area is 144 Å². The van der Waals surface area contributed by atoms with Crippen molar-refractivity contribution < 1.29 is 19.1 Å². The molecule has 0 aliphatic heterocycles. The average molecular weight is 338 g/mol. The molecule has 3 rings (SSSR count). The molecule has 6 nitrogen and oxygen atoms in total. The number of benzene rings is 2. The average Bonchev–Trinajstić information content (AvgIpc) is 3.05. The number of anilines is 1. The molecule has 0 bridgehead atoms. The van der Waals surface area contributed by atoms with Crippen molar-refractivity contribution in [3.63, 3.8) is 0 Å². The molecular formula is C19H18N2O4. The van der Waals surface area contributed by atoms with Gasteiger partial charge in [0.25, 0.3) is 5.91 Å². The first-order valence-corrected chi connectivity index (χ1v) is 7.86. The number of fused-ring (bicyclic) bond motifs is 1. The highest BCUT2D eigenvalue weighted by molar-refractivity contribution is 6.14. The SMILES string of the molecule is CCOC(=O)c1ccccc1NC(=O)c1c[nH]c2cc(OC)ccc12. The Hall–Kier alpha value is -3.28. The summed E-state index contributed by atoms with van der Waals surface area (Å²) in [5.41, 5.74) is 2.01. The van der Waals surface area contributed by atoms with E-state index >= 15 is 0 Å². The topological polar surface area (TPSA) is 80.4 Å². The third kappa shape index (κ3) is 3.33. The van der Waals surface area contributed by atoms with E-state index in [9.17, 15) is 9.59 Å². The highest BCUT2D eigenvalue weighted by Crippen LogP contribution is 2.25. The monoisotopic (exact) mass is 338 g/mol. The zero-order valence-electron chi connectivity index (χ0n) is 14.0. The Morgan fingerprint density at radius 1 is 1.12 bits per heavy atom. The van der Waals surface area contributed by atoms with Gasteiger partial charge in [0.05, 0.1) is 30.5 Å². The lowest BCUT2D eigenvalue weighted by molar-refractivity contribution is 0.0527.